The Hall–Kier alpha value is -8.99. The number of nitrogens with zero attached hydrogens (tertiary/aromatic N) is 3. The molecule has 0 atom stereocenters. The van der Waals surface area contributed by atoms with Crippen molar-refractivity contribution in [1.29, 1.82) is 0 Å². The minimum atomic E-state index is 0.748. The van der Waals surface area contributed by atoms with Crippen molar-refractivity contribution < 1.29 is 4.74 Å². The zero-order valence-corrected chi connectivity index (χ0v) is 37.5. The molecular formula is C64H45N3O. The molecular weight excluding hydrogens is 827 g/mol. The maximum Gasteiger partial charge on any atom is 0.130 e. The number of hydrogen-bond acceptors (Lipinski definition) is 4. The Morgan fingerprint density at radius 1 is 0.235 bits per heavy atom. The van der Waals surface area contributed by atoms with E-state index in [1.807, 2.05) is 61.1 Å². The maximum atomic E-state index is 6.20. The summed E-state index contributed by atoms with van der Waals surface area (Å²) in [6.45, 7) is 0. The van der Waals surface area contributed by atoms with Crippen LogP contribution in [0.3, 0.4) is 0 Å². The molecule has 0 fully saturated rings. The van der Waals surface area contributed by atoms with Crippen LogP contribution in [-0.4, -0.2) is 22.1 Å². The highest BCUT2D eigenvalue weighted by Gasteiger charge is 2.19. The van der Waals surface area contributed by atoms with Crippen LogP contribution in [0, 0.1) is 0 Å². The monoisotopic (exact) mass is 871 g/mol. The Labute approximate surface area is 397 Å². The van der Waals surface area contributed by atoms with Gasteiger partial charge in [0.1, 0.15) is 5.75 Å². The molecule has 0 amide bonds. The van der Waals surface area contributed by atoms with Gasteiger partial charge in [0, 0.05) is 58.0 Å². The highest BCUT2D eigenvalue weighted by Crippen LogP contribution is 2.44. The molecule has 322 valence electrons. The first-order valence-corrected chi connectivity index (χ1v) is 22.8. The predicted octanol–water partition coefficient (Wildman–Crippen LogP) is 16.6. The summed E-state index contributed by atoms with van der Waals surface area (Å²) in [5, 5.41) is 0. The van der Waals surface area contributed by atoms with Gasteiger partial charge in [-0.05, 0) is 97.6 Å². The first-order valence-electron chi connectivity index (χ1n) is 22.8. The highest BCUT2D eigenvalue weighted by atomic mass is 16.5. The van der Waals surface area contributed by atoms with Gasteiger partial charge < -0.3 is 4.74 Å². The normalized spacial score (nSPS) is 11.0. The van der Waals surface area contributed by atoms with Gasteiger partial charge in [0.25, 0.3) is 0 Å². The lowest BCUT2D eigenvalue weighted by Gasteiger charge is -2.18. The van der Waals surface area contributed by atoms with Crippen molar-refractivity contribution in [3.63, 3.8) is 0 Å². The Kier molecular flexibility index (Phi) is 11.6. The number of benzene rings is 8. The lowest BCUT2D eigenvalue weighted by Crippen LogP contribution is -1.95. The van der Waals surface area contributed by atoms with E-state index in [1.165, 1.54) is 0 Å². The average molecular weight is 872 g/mol. The molecule has 11 aromatic rings. The standard InChI is InChI=1S/C64H45N3O/c1-68-64-40-63(48-25-17-24-47(36-48)44-18-5-2-6-19-44)67-43-60(64)59-31-16-15-30-58(59)53-38-51(56-28-13-11-26-54(56)49-32-34-61(65-41-49)45-20-7-3-8-21-45)37-52(39-53)57-29-14-12-27-55(57)50-33-35-62(66-42-50)46-22-9-4-10-23-46/h2-43H,1H3. The number of rotatable bonds is 11. The molecule has 11 rings (SSSR count). The molecule has 3 aromatic heterocycles. The summed E-state index contributed by atoms with van der Waals surface area (Å²) in [5.74, 6) is 0.748. The zero-order chi connectivity index (χ0) is 45.7. The zero-order valence-electron chi connectivity index (χ0n) is 37.5. The van der Waals surface area contributed by atoms with Crippen molar-refractivity contribution in [3.8, 4) is 117 Å². The molecule has 4 nitrogen and oxygen atoms in total. The second-order valence-corrected chi connectivity index (χ2v) is 16.7. The quantitative estimate of drug-likeness (QED) is 0.130. The van der Waals surface area contributed by atoms with Gasteiger partial charge in [-0.3, -0.25) is 15.0 Å². The van der Waals surface area contributed by atoms with E-state index < -0.39 is 0 Å². The van der Waals surface area contributed by atoms with Gasteiger partial charge in [0.2, 0.25) is 0 Å². The molecule has 0 aliphatic rings. The van der Waals surface area contributed by atoms with Crippen LogP contribution in [-0.2, 0) is 0 Å². The molecule has 0 N–H and O–H groups in total. The van der Waals surface area contributed by atoms with Crippen LogP contribution in [0.15, 0.2) is 255 Å². The first kappa shape index (κ1) is 41.7. The Bertz CT molecular complexity index is 3370. The summed E-state index contributed by atoms with van der Waals surface area (Å²) in [6.07, 6.45) is 5.93. The van der Waals surface area contributed by atoms with E-state index in [2.05, 4.69) is 194 Å². The molecule has 8 aromatic carbocycles. The van der Waals surface area contributed by atoms with Gasteiger partial charge in [-0.2, -0.15) is 0 Å². The van der Waals surface area contributed by atoms with E-state index in [9.17, 15) is 0 Å². The molecule has 4 heteroatoms. The molecule has 0 saturated carbocycles. The van der Waals surface area contributed by atoms with E-state index in [-0.39, 0.29) is 0 Å². The molecule has 0 aliphatic carbocycles. The molecule has 0 spiro atoms. The number of hydrogen-bond donors (Lipinski definition) is 0. The first-order chi connectivity index (χ1) is 33.7. The Morgan fingerprint density at radius 2 is 0.603 bits per heavy atom. The Morgan fingerprint density at radius 3 is 1.06 bits per heavy atom. The summed E-state index contributed by atoms with van der Waals surface area (Å²) in [6, 6.07) is 83.0. The van der Waals surface area contributed by atoms with Crippen LogP contribution in [0.25, 0.3) is 112 Å². The molecule has 0 radical (unpaired) electrons. The third-order valence-electron chi connectivity index (χ3n) is 12.6. The fourth-order valence-electron chi connectivity index (χ4n) is 9.16. The molecule has 0 unspecified atom stereocenters. The van der Waals surface area contributed by atoms with Gasteiger partial charge >= 0.3 is 0 Å². The third-order valence-corrected chi connectivity index (χ3v) is 12.6. The lowest BCUT2D eigenvalue weighted by molar-refractivity contribution is 0.416. The van der Waals surface area contributed by atoms with Gasteiger partial charge in [-0.15, -0.1) is 0 Å². The fourth-order valence-corrected chi connectivity index (χ4v) is 9.16. The van der Waals surface area contributed by atoms with Crippen LogP contribution < -0.4 is 4.74 Å². The van der Waals surface area contributed by atoms with Crippen LogP contribution in [0.2, 0.25) is 0 Å². The molecule has 0 bridgehead atoms. The van der Waals surface area contributed by atoms with Gasteiger partial charge in [0.05, 0.1) is 24.2 Å². The van der Waals surface area contributed by atoms with Gasteiger partial charge in [-0.25, -0.2) is 0 Å². The van der Waals surface area contributed by atoms with Crippen LogP contribution >= 0.6 is 0 Å². The minimum Gasteiger partial charge on any atom is -0.496 e. The maximum absolute atomic E-state index is 6.20. The van der Waals surface area contributed by atoms with Crippen molar-refractivity contribution in [2.24, 2.45) is 0 Å². The van der Waals surface area contributed by atoms with Crippen molar-refractivity contribution in [2.45, 2.75) is 0 Å². The van der Waals surface area contributed by atoms with E-state index in [0.717, 1.165) is 117 Å². The smallest absolute Gasteiger partial charge is 0.130 e. The van der Waals surface area contributed by atoms with E-state index in [0.29, 0.717) is 0 Å². The number of methoxy groups -OCH3 is 1. The van der Waals surface area contributed by atoms with E-state index in [1.54, 1.807) is 7.11 Å². The van der Waals surface area contributed by atoms with Gasteiger partial charge in [0.15, 0.2) is 0 Å². The summed E-state index contributed by atoms with van der Waals surface area (Å²) >= 11 is 0. The molecule has 3 heterocycles. The Balaban J connectivity index is 1.05. The molecule has 68 heavy (non-hydrogen) atoms. The number of aromatic nitrogens is 3. The average Bonchev–Trinajstić information content (AvgIpc) is 3.43. The summed E-state index contributed by atoms with van der Waals surface area (Å²) in [5.41, 5.74) is 20.9. The molecule has 0 saturated heterocycles. The fraction of sp³-hybridized carbons (Fsp3) is 0.0156. The van der Waals surface area contributed by atoms with Gasteiger partial charge in [-0.1, -0.05) is 194 Å². The van der Waals surface area contributed by atoms with Crippen LogP contribution in [0.4, 0.5) is 0 Å². The second kappa shape index (κ2) is 18.9. The van der Waals surface area contributed by atoms with E-state index >= 15 is 0 Å². The van der Waals surface area contributed by atoms with Crippen LogP contribution in [0.1, 0.15) is 0 Å². The SMILES string of the molecule is COc1cc(-c2cccc(-c3ccccc3)c2)ncc1-c1ccccc1-c1cc(-c2ccccc2-c2ccc(-c3ccccc3)nc2)cc(-c2ccccc2-c2ccc(-c3ccccc3)nc2)c1. The van der Waals surface area contributed by atoms with Crippen molar-refractivity contribution in [2.75, 3.05) is 7.11 Å². The summed E-state index contributed by atoms with van der Waals surface area (Å²) in [7, 11) is 1.74. The van der Waals surface area contributed by atoms with Crippen molar-refractivity contribution in [1.82, 2.24) is 15.0 Å². The largest absolute Gasteiger partial charge is 0.496 e. The van der Waals surface area contributed by atoms with Crippen LogP contribution in [0.5, 0.6) is 5.75 Å². The van der Waals surface area contributed by atoms with Crippen molar-refractivity contribution >= 4 is 0 Å². The second-order valence-electron chi connectivity index (χ2n) is 16.7. The highest BCUT2D eigenvalue weighted by molar-refractivity contribution is 5.95. The summed E-state index contributed by atoms with van der Waals surface area (Å²) in [4.78, 5) is 15.0. The number of pyridine rings is 3. The number of ether oxygens (including phenoxy) is 1. The lowest BCUT2D eigenvalue weighted by atomic mass is 9.86. The predicted molar refractivity (Wildman–Crippen MR) is 281 cm³/mol. The van der Waals surface area contributed by atoms with Crippen molar-refractivity contribution in [3.05, 3.63) is 255 Å². The topological polar surface area (TPSA) is 47.9 Å². The molecule has 0 aliphatic heterocycles. The van der Waals surface area contributed by atoms with E-state index in [4.69, 9.17) is 19.7 Å². The third kappa shape index (κ3) is 8.51. The minimum absolute atomic E-state index is 0.748. The summed E-state index contributed by atoms with van der Waals surface area (Å²) < 4.78 is 6.20.